The second-order valence-corrected chi connectivity index (χ2v) is 9.84. The Morgan fingerprint density at radius 1 is 1.39 bits per heavy atom. The average Bonchev–Trinajstić information content (AvgIpc) is 3.06. The fourth-order valence-corrected chi connectivity index (χ4v) is 5.95. The fraction of sp³-hybridized carbons (Fsp3) is 0.238. The van der Waals surface area contributed by atoms with Crippen molar-refractivity contribution in [1.29, 1.82) is 5.26 Å². The first kappa shape index (κ1) is 21.6. The van der Waals surface area contributed by atoms with E-state index in [1.807, 2.05) is 13.0 Å². The van der Waals surface area contributed by atoms with Crippen LogP contribution in [0.5, 0.6) is 0 Å². The highest BCUT2D eigenvalue weighted by Gasteiger charge is 2.42. The van der Waals surface area contributed by atoms with E-state index < -0.39 is 10.8 Å². The maximum atomic E-state index is 13.1. The summed E-state index contributed by atoms with van der Waals surface area (Å²) in [7, 11) is 0. The van der Waals surface area contributed by atoms with Gasteiger partial charge in [-0.2, -0.15) is 5.26 Å². The van der Waals surface area contributed by atoms with Gasteiger partial charge in [-0.3, -0.25) is 19.8 Å². The third-order valence-corrected chi connectivity index (χ3v) is 7.89. The number of anilines is 1. The lowest BCUT2D eigenvalue weighted by atomic mass is 9.78. The summed E-state index contributed by atoms with van der Waals surface area (Å²) in [6, 6.07) is 8.34. The van der Waals surface area contributed by atoms with Gasteiger partial charge in [0.1, 0.15) is 11.5 Å². The van der Waals surface area contributed by atoms with E-state index in [1.165, 1.54) is 34.4 Å². The molecular weight excluding hydrogens is 504 g/mol. The van der Waals surface area contributed by atoms with Crippen LogP contribution in [0.15, 0.2) is 51.4 Å². The van der Waals surface area contributed by atoms with E-state index in [0.29, 0.717) is 30.5 Å². The van der Waals surface area contributed by atoms with E-state index in [2.05, 4.69) is 22.0 Å². The molecule has 2 heterocycles. The van der Waals surface area contributed by atoms with Crippen molar-refractivity contribution in [2.24, 2.45) is 5.73 Å². The van der Waals surface area contributed by atoms with Crippen LogP contribution in [-0.4, -0.2) is 10.7 Å². The van der Waals surface area contributed by atoms with Crippen LogP contribution in [0.2, 0.25) is 5.02 Å². The SMILES string of the molecule is Cc1sc(C2C(C#N)=C(N)N(c3ccc(Cl)cc3[N+](=O)[O-])C3=C2C(=O)CCC3)cc1Br. The molecular formula is C21H16BrClN4O3S. The number of Topliss-reactive ketones (excluding diaryl/α,β-unsaturated/α-hetero) is 1. The van der Waals surface area contributed by atoms with Crippen molar-refractivity contribution in [3.63, 3.8) is 0 Å². The second-order valence-electron chi connectivity index (χ2n) is 7.26. The number of nitro groups is 1. The Bertz CT molecular complexity index is 1220. The third-order valence-electron chi connectivity index (χ3n) is 5.45. The summed E-state index contributed by atoms with van der Waals surface area (Å²) < 4.78 is 0.893. The lowest BCUT2D eigenvalue weighted by Gasteiger charge is -2.39. The first-order valence-corrected chi connectivity index (χ1v) is 11.4. The molecule has 0 radical (unpaired) electrons. The van der Waals surface area contributed by atoms with Crippen molar-refractivity contribution in [3.05, 3.63) is 76.3 Å². The van der Waals surface area contributed by atoms with Gasteiger partial charge in [0.15, 0.2) is 5.78 Å². The first-order chi connectivity index (χ1) is 14.7. The van der Waals surface area contributed by atoms with Crippen LogP contribution < -0.4 is 10.6 Å². The minimum Gasteiger partial charge on any atom is -0.384 e. The van der Waals surface area contributed by atoms with Crippen molar-refractivity contribution >= 4 is 56.0 Å². The van der Waals surface area contributed by atoms with Gasteiger partial charge < -0.3 is 5.73 Å². The molecule has 2 aliphatic rings. The number of ketones is 1. The number of thiophene rings is 1. The van der Waals surface area contributed by atoms with Gasteiger partial charge in [-0.05, 0) is 53.9 Å². The number of benzene rings is 1. The zero-order valence-electron chi connectivity index (χ0n) is 16.3. The van der Waals surface area contributed by atoms with Gasteiger partial charge in [0.2, 0.25) is 0 Å². The maximum Gasteiger partial charge on any atom is 0.294 e. The van der Waals surface area contributed by atoms with Crippen LogP contribution in [0.4, 0.5) is 11.4 Å². The van der Waals surface area contributed by atoms with Crippen LogP contribution in [0.25, 0.3) is 0 Å². The van der Waals surface area contributed by atoms with Crippen molar-refractivity contribution in [3.8, 4) is 6.07 Å². The number of aryl methyl sites for hydroxylation is 1. The number of halogens is 2. The van der Waals surface area contributed by atoms with E-state index in [0.717, 1.165) is 14.2 Å². The van der Waals surface area contributed by atoms with Crippen LogP contribution in [0, 0.1) is 28.4 Å². The molecule has 7 nitrogen and oxygen atoms in total. The van der Waals surface area contributed by atoms with Gasteiger partial charge >= 0.3 is 0 Å². The predicted octanol–water partition coefficient (Wildman–Crippen LogP) is 5.69. The zero-order chi connectivity index (χ0) is 22.4. The maximum absolute atomic E-state index is 13.1. The molecule has 1 unspecified atom stereocenters. The molecule has 0 saturated carbocycles. The number of carbonyl (C=O) groups excluding carboxylic acids is 1. The molecule has 31 heavy (non-hydrogen) atoms. The van der Waals surface area contributed by atoms with E-state index in [4.69, 9.17) is 17.3 Å². The van der Waals surface area contributed by atoms with E-state index in [1.54, 1.807) is 0 Å². The molecule has 2 N–H and O–H groups in total. The molecule has 0 amide bonds. The molecule has 0 spiro atoms. The molecule has 1 aliphatic heterocycles. The number of nitro benzene ring substituents is 1. The highest BCUT2D eigenvalue weighted by Crippen LogP contribution is 2.50. The lowest BCUT2D eigenvalue weighted by molar-refractivity contribution is -0.384. The monoisotopic (exact) mass is 518 g/mol. The van der Waals surface area contributed by atoms with Gasteiger partial charge in [-0.25, -0.2) is 0 Å². The topological polar surface area (TPSA) is 113 Å². The van der Waals surface area contributed by atoms with E-state index in [9.17, 15) is 20.2 Å². The highest BCUT2D eigenvalue weighted by molar-refractivity contribution is 9.10. The standard InChI is InChI=1S/C21H16BrClN4O3S/c1-10-13(22)8-18(31-10)19-12(9-24)21(25)26(15-3-2-4-17(28)20(15)19)14-6-5-11(23)7-16(14)27(29)30/h5-8,19H,2-4,25H2,1H3. The number of nitrogens with zero attached hydrogens (tertiary/aromatic N) is 3. The fourth-order valence-electron chi connectivity index (χ4n) is 4.10. The molecule has 0 fully saturated rings. The van der Waals surface area contributed by atoms with Crippen LogP contribution in [0.3, 0.4) is 0 Å². The number of rotatable bonds is 3. The van der Waals surface area contributed by atoms with Crippen molar-refractivity contribution in [2.45, 2.75) is 32.1 Å². The molecule has 0 saturated heterocycles. The number of hydrogen-bond donors (Lipinski definition) is 1. The Labute approximate surface area is 195 Å². The van der Waals surface area contributed by atoms with Gasteiger partial charge in [0, 0.05) is 43.0 Å². The third kappa shape index (κ3) is 3.55. The molecule has 10 heteroatoms. The molecule has 1 aromatic heterocycles. The quantitative estimate of drug-likeness (QED) is 0.412. The molecule has 2 aromatic rings. The Kier molecular flexibility index (Phi) is 5.64. The Balaban J connectivity index is 2.02. The summed E-state index contributed by atoms with van der Waals surface area (Å²) in [5.41, 5.74) is 7.70. The van der Waals surface area contributed by atoms with E-state index >= 15 is 0 Å². The van der Waals surface area contributed by atoms with Gasteiger partial charge in [0.25, 0.3) is 5.69 Å². The van der Waals surface area contributed by atoms with Crippen molar-refractivity contribution in [2.75, 3.05) is 4.90 Å². The van der Waals surface area contributed by atoms with Crippen molar-refractivity contribution < 1.29 is 9.72 Å². The summed E-state index contributed by atoms with van der Waals surface area (Å²) in [4.78, 5) is 27.6. The second kappa shape index (κ2) is 8.11. The summed E-state index contributed by atoms with van der Waals surface area (Å²) >= 11 is 11.0. The molecule has 4 rings (SSSR count). The molecule has 1 atom stereocenters. The lowest BCUT2D eigenvalue weighted by Crippen LogP contribution is -2.38. The minimum atomic E-state index is -0.592. The number of hydrogen-bond acceptors (Lipinski definition) is 7. The zero-order valence-corrected chi connectivity index (χ0v) is 19.5. The van der Waals surface area contributed by atoms with Gasteiger partial charge in [-0.1, -0.05) is 11.6 Å². The Morgan fingerprint density at radius 3 is 2.74 bits per heavy atom. The number of nitrogens with two attached hydrogens (primary N) is 1. The summed E-state index contributed by atoms with van der Waals surface area (Å²) in [6.07, 6.45) is 1.48. The van der Waals surface area contributed by atoms with E-state index in [-0.39, 0.29) is 33.6 Å². The Hall–Kier alpha value is -2.67. The highest BCUT2D eigenvalue weighted by atomic mass is 79.9. The van der Waals surface area contributed by atoms with Crippen molar-refractivity contribution in [1.82, 2.24) is 0 Å². The molecule has 158 valence electrons. The molecule has 0 bridgehead atoms. The number of carbonyl (C=O) groups is 1. The first-order valence-electron chi connectivity index (χ1n) is 9.40. The Morgan fingerprint density at radius 2 is 2.13 bits per heavy atom. The summed E-state index contributed by atoms with van der Waals surface area (Å²) in [5.74, 6) is -0.575. The number of nitriles is 1. The van der Waals surface area contributed by atoms with Gasteiger partial charge in [-0.15, -0.1) is 11.3 Å². The van der Waals surface area contributed by atoms with Crippen LogP contribution in [0.1, 0.15) is 34.9 Å². The average molecular weight is 520 g/mol. The molecule has 1 aromatic carbocycles. The van der Waals surface area contributed by atoms with Crippen LogP contribution >= 0.6 is 38.9 Å². The largest absolute Gasteiger partial charge is 0.384 e. The predicted molar refractivity (Wildman–Crippen MR) is 123 cm³/mol. The summed E-state index contributed by atoms with van der Waals surface area (Å²) in [6.45, 7) is 1.95. The summed E-state index contributed by atoms with van der Waals surface area (Å²) in [5, 5.41) is 22.0. The molecule has 1 aliphatic carbocycles. The smallest absolute Gasteiger partial charge is 0.294 e. The van der Waals surface area contributed by atoms with Gasteiger partial charge in [0.05, 0.1) is 22.5 Å². The minimum absolute atomic E-state index is 0.0738. The number of allylic oxidation sites excluding steroid dienone is 3. The normalized spacial score (nSPS) is 18.8. The van der Waals surface area contributed by atoms with Crippen LogP contribution in [-0.2, 0) is 4.79 Å².